The van der Waals surface area contributed by atoms with Crippen molar-refractivity contribution >= 4 is 23.3 Å². The van der Waals surface area contributed by atoms with Crippen LogP contribution in [0.15, 0.2) is 33.6 Å². The highest BCUT2D eigenvalue weighted by Crippen LogP contribution is 2.57. The van der Waals surface area contributed by atoms with E-state index in [1.807, 2.05) is 6.08 Å². The lowest BCUT2D eigenvalue weighted by Gasteiger charge is -2.46. The molecule has 0 saturated heterocycles. The van der Waals surface area contributed by atoms with E-state index in [4.69, 9.17) is 11.6 Å². The van der Waals surface area contributed by atoms with Gasteiger partial charge >= 0.3 is 0 Å². The number of halogens is 1. The van der Waals surface area contributed by atoms with Gasteiger partial charge in [0.25, 0.3) is 11.7 Å². The Balaban J connectivity index is 2.07. The third-order valence-corrected chi connectivity index (χ3v) is 6.37. The van der Waals surface area contributed by atoms with Gasteiger partial charge in [-0.15, -0.1) is 0 Å². The number of nitrogens with zero attached hydrogens (tertiary/aromatic N) is 1. The summed E-state index contributed by atoms with van der Waals surface area (Å²) < 4.78 is 0. The van der Waals surface area contributed by atoms with Crippen molar-refractivity contribution in [2.24, 2.45) is 11.3 Å². The summed E-state index contributed by atoms with van der Waals surface area (Å²) in [5.41, 5.74) is 3.81. The molecule has 2 heterocycles. The predicted octanol–water partition coefficient (Wildman–Crippen LogP) is 2.47. The van der Waals surface area contributed by atoms with Crippen molar-refractivity contribution in [1.82, 2.24) is 10.2 Å². The molecule has 0 saturated carbocycles. The molecule has 0 fully saturated rings. The Morgan fingerprint density at radius 1 is 1.36 bits per heavy atom. The maximum Gasteiger partial charge on any atom is 0.297 e. The fourth-order valence-electron chi connectivity index (χ4n) is 4.80. The van der Waals surface area contributed by atoms with Gasteiger partial charge in [0.2, 0.25) is 0 Å². The van der Waals surface area contributed by atoms with Gasteiger partial charge in [-0.2, -0.15) is 0 Å². The van der Waals surface area contributed by atoms with E-state index >= 15 is 0 Å². The second-order valence-corrected chi connectivity index (χ2v) is 7.42. The number of carbonyl (C=O) groups excluding carboxylic acids is 2. The smallest absolute Gasteiger partial charge is 0.297 e. The van der Waals surface area contributed by atoms with E-state index in [0.29, 0.717) is 17.5 Å². The fraction of sp³-hybridized carbons (Fsp3) is 0.529. The molecule has 2 aliphatic heterocycles. The third kappa shape index (κ3) is 1.54. The van der Waals surface area contributed by atoms with Crippen LogP contribution in [0.1, 0.15) is 33.1 Å². The number of nitrogens with one attached hydrogen (secondary N) is 1. The molecule has 22 heavy (non-hydrogen) atoms. The Morgan fingerprint density at radius 3 is 2.82 bits per heavy atom. The largest absolute Gasteiger partial charge is 0.374 e. The monoisotopic (exact) mass is 318 g/mol. The van der Waals surface area contributed by atoms with Gasteiger partial charge in [-0.05, 0) is 42.4 Å². The molecule has 0 spiro atoms. The van der Waals surface area contributed by atoms with Crippen LogP contribution in [0.25, 0.3) is 0 Å². The van der Waals surface area contributed by atoms with Crippen LogP contribution < -0.4 is 5.32 Å². The molecule has 4 nitrogen and oxygen atoms in total. The summed E-state index contributed by atoms with van der Waals surface area (Å²) in [6.07, 6.45) is 4.57. The Hall–Kier alpha value is -1.55. The van der Waals surface area contributed by atoms with Crippen LogP contribution in [0.2, 0.25) is 0 Å². The standard InChI is InChI=1S/C17H19ClN2O2/c1-8-12-6-9-11(20(12)3)5-4-10-14(9)15(21)16(22)19-13(18)7-17(8,10)2/h7-8,12H,4-6H2,1-3H3,(H,19,22). The van der Waals surface area contributed by atoms with E-state index in [1.165, 1.54) is 5.70 Å². The topological polar surface area (TPSA) is 49.4 Å². The average Bonchev–Trinajstić information content (AvgIpc) is 2.77. The summed E-state index contributed by atoms with van der Waals surface area (Å²) in [4.78, 5) is 27.2. The van der Waals surface area contributed by atoms with Crippen LogP contribution in [0.3, 0.4) is 0 Å². The first-order chi connectivity index (χ1) is 10.3. The van der Waals surface area contributed by atoms with Crippen molar-refractivity contribution in [3.8, 4) is 0 Å². The molecule has 4 aliphatic rings. The molecule has 116 valence electrons. The highest BCUT2D eigenvalue weighted by Gasteiger charge is 2.52. The van der Waals surface area contributed by atoms with Gasteiger partial charge in [0.1, 0.15) is 5.16 Å². The number of Topliss-reactive ketones (excluding diaryl/α,β-unsaturated/α-hetero) is 1. The maximum atomic E-state index is 12.7. The summed E-state index contributed by atoms with van der Waals surface area (Å²) in [5.74, 6) is -0.734. The first-order valence-corrected chi connectivity index (χ1v) is 8.15. The van der Waals surface area contributed by atoms with Crippen molar-refractivity contribution in [3.63, 3.8) is 0 Å². The second kappa shape index (κ2) is 4.25. The Morgan fingerprint density at radius 2 is 2.09 bits per heavy atom. The number of hydrogen-bond acceptors (Lipinski definition) is 3. The average molecular weight is 319 g/mol. The van der Waals surface area contributed by atoms with Gasteiger partial charge in [0.05, 0.1) is 0 Å². The molecule has 1 amide bonds. The van der Waals surface area contributed by atoms with Crippen molar-refractivity contribution in [3.05, 3.63) is 33.6 Å². The Bertz CT molecular complexity index is 718. The molecule has 3 unspecified atom stereocenters. The zero-order chi connectivity index (χ0) is 15.8. The van der Waals surface area contributed by atoms with Gasteiger partial charge in [-0.25, -0.2) is 0 Å². The molecular formula is C17H19ClN2O2. The molecule has 0 aromatic heterocycles. The van der Waals surface area contributed by atoms with E-state index in [2.05, 4.69) is 31.1 Å². The first-order valence-electron chi connectivity index (χ1n) is 7.77. The van der Waals surface area contributed by atoms with Crippen molar-refractivity contribution in [2.45, 2.75) is 39.2 Å². The molecule has 2 aliphatic carbocycles. The molecule has 0 aromatic carbocycles. The van der Waals surface area contributed by atoms with Crippen LogP contribution in [0.5, 0.6) is 0 Å². The zero-order valence-corrected chi connectivity index (χ0v) is 13.8. The van der Waals surface area contributed by atoms with Gasteiger partial charge in [0.15, 0.2) is 0 Å². The number of hydrogen-bond donors (Lipinski definition) is 1. The summed E-state index contributed by atoms with van der Waals surface area (Å²) in [7, 11) is 2.11. The normalized spacial score (nSPS) is 37.1. The van der Waals surface area contributed by atoms with E-state index in [1.54, 1.807) is 0 Å². The van der Waals surface area contributed by atoms with Crippen molar-refractivity contribution in [1.29, 1.82) is 0 Å². The summed E-state index contributed by atoms with van der Waals surface area (Å²) in [6.45, 7) is 4.38. The van der Waals surface area contributed by atoms with E-state index in [-0.39, 0.29) is 10.6 Å². The zero-order valence-electron chi connectivity index (χ0n) is 13.0. The van der Waals surface area contributed by atoms with Gasteiger partial charge < -0.3 is 10.2 Å². The molecule has 1 N–H and O–H groups in total. The number of fused-ring (bicyclic) bond motifs is 1. The van der Waals surface area contributed by atoms with Gasteiger partial charge in [-0.3, -0.25) is 9.59 Å². The fourth-order valence-corrected chi connectivity index (χ4v) is 5.11. The number of likely N-dealkylation sites (tertiary alicyclic amines) is 1. The number of rotatable bonds is 0. The lowest BCUT2D eigenvalue weighted by atomic mass is 9.65. The SMILES string of the molecule is CC1C2CC3=C(CCC4=C3C(=O)C(=O)NC(Cl)=CC41C)N2C. The maximum absolute atomic E-state index is 12.7. The van der Waals surface area contributed by atoms with Crippen LogP contribution in [-0.2, 0) is 9.59 Å². The second-order valence-electron chi connectivity index (χ2n) is 7.01. The minimum absolute atomic E-state index is 0.263. The number of carbonyl (C=O) groups is 2. The van der Waals surface area contributed by atoms with Crippen LogP contribution in [-0.4, -0.2) is 29.7 Å². The Kier molecular flexibility index (Phi) is 2.72. The molecule has 4 rings (SSSR count). The highest BCUT2D eigenvalue weighted by atomic mass is 35.5. The van der Waals surface area contributed by atoms with Crippen LogP contribution in [0, 0.1) is 11.3 Å². The first kappa shape index (κ1) is 14.1. The van der Waals surface area contributed by atoms with Crippen molar-refractivity contribution in [2.75, 3.05) is 7.05 Å². The van der Waals surface area contributed by atoms with Crippen LogP contribution >= 0.6 is 11.6 Å². The predicted molar refractivity (Wildman–Crippen MR) is 83.8 cm³/mol. The molecule has 5 heteroatoms. The molecule has 5 bridgehead atoms. The number of allylic oxidation sites excluding steroid dienone is 3. The van der Waals surface area contributed by atoms with E-state index in [0.717, 1.165) is 30.4 Å². The molecule has 3 atom stereocenters. The Labute approximate surface area is 134 Å². The third-order valence-electron chi connectivity index (χ3n) is 6.17. The quantitative estimate of drug-likeness (QED) is 0.551. The van der Waals surface area contributed by atoms with E-state index < -0.39 is 11.7 Å². The van der Waals surface area contributed by atoms with Gasteiger partial charge in [0, 0.05) is 29.8 Å². The molecular weight excluding hydrogens is 300 g/mol. The lowest BCUT2D eigenvalue weighted by Crippen LogP contribution is -2.45. The summed E-state index contributed by atoms with van der Waals surface area (Å²) in [6, 6.07) is 0.351. The van der Waals surface area contributed by atoms with Crippen molar-refractivity contribution < 1.29 is 9.59 Å². The summed E-state index contributed by atoms with van der Waals surface area (Å²) >= 11 is 6.21. The minimum Gasteiger partial charge on any atom is -0.374 e. The lowest BCUT2D eigenvalue weighted by molar-refractivity contribution is -0.135. The van der Waals surface area contributed by atoms with Crippen LogP contribution in [0.4, 0.5) is 0 Å². The molecule has 0 radical (unpaired) electrons. The van der Waals surface area contributed by atoms with Gasteiger partial charge in [-0.1, -0.05) is 25.4 Å². The number of amides is 1. The minimum atomic E-state index is -0.620. The molecule has 0 aromatic rings. The highest BCUT2D eigenvalue weighted by molar-refractivity contribution is 6.46. The van der Waals surface area contributed by atoms with E-state index in [9.17, 15) is 9.59 Å². The summed E-state index contributed by atoms with van der Waals surface area (Å²) in [5, 5.41) is 2.79. The number of ketones is 1.